The zero-order chi connectivity index (χ0) is 11.7. The van der Waals surface area contributed by atoms with Gasteiger partial charge >= 0.3 is 5.97 Å². The lowest BCUT2D eigenvalue weighted by Gasteiger charge is -2.17. The third kappa shape index (κ3) is 1.58. The van der Waals surface area contributed by atoms with E-state index in [0.717, 1.165) is 10.9 Å². The molecule has 0 spiro atoms. The second-order valence-corrected chi connectivity index (χ2v) is 3.74. The number of anilines is 1. The van der Waals surface area contributed by atoms with E-state index in [1.165, 1.54) is 6.20 Å². The highest BCUT2D eigenvalue weighted by atomic mass is 16.4. The molecular formula is C12H12N2O2. The molecule has 2 aromatic rings. The van der Waals surface area contributed by atoms with Crippen LogP contribution in [0.15, 0.2) is 30.5 Å². The zero-order valence-electron chi connectivity index (χ0n) is 9.14. The van der Waals surface area contributed by atoms with Gasteiger partial charge in [-0.3, -0.25) is 4.98 Å². The van der Waals surface area contributed by atoms with Gasteiger partial charge < -0.3 is 10.0 Å². The first-order chi connectivity index (χ1) is 7.61. The van der Waals surface area contributed by atoms with E-state index in [1.54, 1.807) is 4.90 Å². The van der Waals surface area contributed by atoms with Gasteiger partial charge in [0.1, 0.15) is 5.56 Å². The fraction of sp³-hybridized carbons (Fsp3) is 0.167. The molecular weight excluding hydrogens is 204 g/mol. The molecule has 0 aliphatic rings. The Labute approximate surface area is 93.1 Å². The molecule has 1 heterocycles. The Morgan fingerprint density at radius 3 is 2.62 bits per heavy atom. The molecule has 1 aromatic carbocycles. The summed E-state index contributed by atoms with van der Waals surface area (Å²) in [4.78, 5) is 17.0. The summed E-state index contributed by atoms with van der Waals surface area (Å²) in [6.07, 6.45) is 1.40. The van der Waals surface area contributed by atoms with Crippen molar-refractivity contribution < 1.29 is 9.90 Å². The zero-order valence-corrected chi connectivity index (χ0v) is 9.14. The van der Waals surface area contributed by atoms with E-state index in [9.17, 15) is 4.79 Å². The van der Waals surface area contributed by atoms with Crippen LogP contribution in [0.25, 0.3) is 10.9 Å². The van der Waals surface area contributed by atoms with Crippen LogP contribution in [0, 0.1) is 0 Å². The van der Waals surface area contributed by atoms with E-state index >= 15 is 0 Å². The van der Waals surface area contributed by atoms with Gasteiger partial charge in [-0.25, -0.2) is 4.79 Å². The highest BCUT2D eigenvalue weighted by Crippen LogP contribution is 2.27. The predicted molar refractivity (Wildman–Crippen MR) is 63.0 cm³/mol. The number of benzene rings is 1. The van der Waals surface area contributed by atoms with Crippen LogP contribution < -0.4 is 4.90 Å². The van der Waals surface area contributed by atoms with Crippen molar-refractivity contribution in [1.82, 2.24) is 4.98 Å². The molecule has 0 atom stereocenters. The molecule has 0 aliphatic carbocycles. The molecule has 0 aliphatic heterocycles. The smallest absolute Gasteiger partial charge is 0.339 e. The number of hydrogen-bond donors (Lipinski definition) is 1. The van der Waals surface area contributed by atoms with Crippen molar-refractivity contribution in [2.24, 2.45) is 0 Å². The molecule has 4 heteroatoms. The Morgan fingerprint density at radius 1 is 1.31 bits per heavy atom. The Morgan fingerprint density at radius 2 is 2.00 bits per heavy atom. The van der Waals surface area contributed by atoms with Crippen molar-refractivity contribution in [3.63, 3.8) is 0 Å². The molecule has 4 nitrogen and oxygen atoms in total. The van der Waals surface area contributed by atoms with Crippen LogP contribution >= 0.6 is 0 Å². The normalized spacial score (nSPS) is 10.4. The van der Waals surface area contributed by atoms with Crippen molar-refractivity contribution in [3.05, 3.63) is 36.0 Å². The van der Waals surface area contributed by atoms with Crippen LogP contribution in [0.3, 0.4) is 0 Å². The van der Waals surface area contributed by atoms with E-state index in [-0.39, 0.29) is 5.56 Å². The third-order valence-electron chi connectivity index (χ3n) is 2.42. The lowest BCUT2D eigenvalue weighted by atomic mass is 10.1. The van der Waals surface area contributed by atoms with Crippen LogP contribution in [0.2, 0.25) is 0 Å². The third-order valence-corrected chi connectivity index (χ3v) is 2.42. The van der Waals surface area contributed by atoms with Crippen molar-refractivity contribution >= 4 is 22.6 Å². The maximum Gasteiger partial charge on any atom is 0.339 e. The first kappa shape index (κ1) is 10.4. The summed E-state index contributed by atoms with van der Waals surface area (Å²) in [7, 11) is 3.66. The highest BCUT2D eigenvalue weighted by molar-refractivity contribution is 6.04. The number of nitrogens with zero attached hydrogens (tertiary/aromatic N) is 2. The average Bonchev–Trinajstić information content (AvgIpc) is 2.27. The van der Waals surface area contributed by atoms with Gasteiger partial charge in [-0.15, -0.1) is 0 Å². The number of hydrogen-bond acceptors (Lipinski definition) is 3. The lowest BCUT2D eigenvalue weighted by molar-refractivity contribution is 0.0697. The van der Waals surface area contributed by atoms with E-state index in [4.69, 9.17) is 5.11 Å². The summed E-state index contributed by atoms with van der Waals surface area (Å²) in [5.74, 6) is -0.957. The minimum absolute atomic E-state index is 0.226. The standard InChI is InChI=1S/C12H12N2O2/c1-14(2)11-8-5-3-4-6-10(8)13-7-9(11)12(15)16/h3-7H,1-2H3,(H,15,16). The number of aromatic nitrogens is 1. The van der Waals surface area contributed by atoms with Crippen molar-refractivity contribution in [2.45, 2.75) is 0 Å². The Hall–Kier alpha value is -2.10. The Bertz CT molecular complexity index is 550. The molecule has 2 rings (SSSR count). The topological polar surface area (TPSA) is 53.4 Å². The van der Waals surface area contributed by atoms with Crippen LogP contribution in [-0.2, 0) is 0 Å². The fourth-order valence-electron chi connectivity index (χ4n) is 1.77. The minimum atomic E-state index is -0.957. The van der Waals surface area contributed by atoms with Gasteiger partial charge in [0.05, 0.1) is 11.2 Å². The lowest BCUT2D eigenvalue weighted by Crippen LogP contribution is -2.14. The highest BCUT2D eigenvalue weighted by Gasteiger charge is 2.15. The minimum Gasteiger partial charge on any atom is -0.478 e. The molecule has 0 saturated heterocycles. The molecule has 16 heavy (non-hydrogen) atoms. The van der Waals surface area contributed by atoms with Gasteiger partial charge in [0.15, 0.2) is 0 Å². The number of rotatable bonds is 2. The number of carboxylic acids is 1. The van der Waals surface area contributed by atoms with Crippen molar-refractivity contribution in [2.75, 3.05) is 19.0 Å². The first-order valence-corrected chi connectivity index (χ1v) is 4.89. The number of para-hydroxylation sites is 1. The van der Waals surface area contributed by atoms with Gasteiger partial charge in [-0.2, -0.15) is 0 Å². The summed E-state index contributed by atoms with van der Waals surface area (Å²) >= 11 is 0. The molecule has 0 unspecified atom stereocenters. The van der Waals surface area contributed by atoms with E-state index in [0.29, 0.717) is 5.69 Å². The first-order valence-electron chi connectivity index (χ1n) is 4.89. The molecule has 1 N–H and O–H groups in total. The van der Waals surface area contributed by atoms with E-state index < -0.39 is 5.97 Å². The molecule has 0 bridgehead atoms. The largest absolute Gasteiger partial charge is 0.478 e. The maximum atomic E-state index is 11.1. The van der Waals surface area contributed by atoms with E-state index in [2.05, 4.69) is 4.98 Å². The average molecular weight is 216 g/mol. The van der Waals surface area contributed by atoms with Gasteiger partial charge in [-0.05, 0) is 6.07 Å². The number of pyridine rings is 1. The van der Waals surface area contributed by atoms with Gasteiger partial charge in [0.25, 0.3) is 0 Å². The van der Waals surface area contributed by atoms with E-state index in [1.807, 2.05) is 38.4 Å². The Balaban J connectivity index is 2.84. The van der Waals surface area contributed by atoms with Crippen LogP contribution in [0.1, 0.15) is 10.4 Å². The number of carbonyl (C=O) groups is 1. The summed E-state index contributed by atoms with van der Waals surface area (Å²) in [5, 5.41) is 9.96. The predicted octanol–water partition coefficient (Wildman–Crippen LogP) is 2.00. The summed E-state index contributed by atoms with van der Waals surface area (Å²) in [5.41, 5.74) is 1.72. The molecule has 82 valence electrons. The van der Waals surface area contributed by atoms with Gasteiger partial charge in [-0.1, -0.05) is 18.2 Å². The molecule has 0 radical (unpaired) electrons. The number of fused-ring (bicyclic) bond motifs is 1. The molecule has 0 saturated carbocycles. The SMILES string of the molecule is CN(C)c1c(C(=O)O)cnc2ccccc12. The maximum absolute atomic E-state index is 11.1. The second-order valence-electron chi connectivity index (χ2n) is 3.74. The van der Waals surface area contributed by atoms with Gasteiger partial charge in [0.2, 0.25) is 0 Å². The van der Waals surface area contributed by atoms with Gasteiger partial charge in [0, 0.05) is 25.7 Å². The van der Waals surface area contributed by atoms with Crippen molar-refractivity contribution in [3.8, 4) is 0 Å². The van der Waals surface area contributed by atoms with Crippen molar-refractivity contribution in [1.29, 1.82) is 0 Å². The molecule has 1 aromatic heterocycles. The summed E-state index contributed by atoms with van der Waals surface area (Å²) in [6.45, 7) is 0. The Kier molecular flexibility index (Phi) is 2.48. The summed E-state index contributed by atoms with van der Waals surface area (Å²) in [6, 6.07) is 7.51. The number of carboxylic acid groups (broad SMARTS) is 1. The second kappa shape index (κ2) is 3.81. The molecule has 0 fully saturated rings. The monoisotopic (exact) mass is 216 g/mol. The van der Waals surface area contributed by atoms with Crippen LogP contribution in [-0.4, -0.2) is 30.2 Å². The fourth-order valence-corrected chi connectivity index (χ4v) is 1.77. The van der Waals surface area contributed by atoms with Crippen LogP contribution in [0.5, 0.6) is 0 Å². The quantitative estimate of drug-likeness (QED) is 0.834. The molecule has 0 amide bonds. The van der Waals surface area contributed by atoms with Crippen LogP contribution in [0.4, 0.5) is 5.69 Å². The summed E-state index contributed by atoms with van der Waals surface area (Å²) < 4.78 is 0. The number of aromatic carboxylic acids is 1.